The third kappa shape index (κ3) is 3.78. The van der Waals surface area contributed by atoms with Gasteiger partial charge >= 0.3 is 6.03 Å². The topological polar surface area (TPSA) is 61.8 Å². The Labute approximate surface area is 137 Å². The first-order valence-corrected chi connectivity index (χ1v) is 8.57. The van der Waals surface area contributed by atoms with E-state index in [1.807, 2.05) is 23.1 Å². The zero-order chi connectivity index (χ0) is 16.2. The molecule has 1 heterocycles. The molecule has 5 heteroatoms. The highest BCUT2D eigenvalue weighted by atomic mass is 16.5. The number of hydrogen-bond acceptors (Lipinski definition) is 3. The molecule has 1 aromatic rings. The van der Waals surface area contributed by atoms with Crippen molar-refractivity contribution in [1.82, 2.24) is 4.90 Å². The van der Waals surface area contributed by atoms with Gasteiger partial charge in [-0.15, -0.1) is 0 Å². The maximum absolute atomic E-state index is 12.7. The zero-order valence-electron chi connectivity index (χ0n) is 13.7. The molecule has 0 radical (unpaired) electrons. The third-order valence-electron chi connectivity index (χ3n) is 5.10. The van der Waals surface area contributed by atoms with Gasteiger partial charge in [0.2, 0.25) is 0 Å². The number of carbonyl (C=O) groups excluding carboxylic acids is 1. The lowest BCUT2D eigenvalue weighted by atomic mass is 9.83. The van der Waals surface area contributed by atoms with E-state index < -0.39 is 6.10 Å². The number of β-amino-alcohol motifs (C(OH)–C–C–N with tert-alkyl or cyclic N) is 1. The summed E-state index contributed by atoms with van der Waals surface area (Å²) in [5.41, 5.74) is 0.720. The summed E-state index contributed by atoms with van der Waals surface area (Å²) in [5.74, 6) is 1.24. The van der Waals surface area contributed by atoms with E-state index >= 15 is 0 Å². The van der Waals surface area contributed by atoms with Crippen molar-refractivity contribution in [3.8, 4) is 5.75 Å². The Kier molecular flexibility index (Phi) is 5.06. The molecule has 126 valence electrons. The van der Waals surface area contributed by atoms with Gasteiger partial charge in [0.25, 0.3) is 0 Å². The van der Waals surface area contributed by atoms with E-state index in [1.165, 1.54) is 32.1 Å². The Hall–Kier alpha value is -1.75. The molecule has 1 saturated heterocycles. The molecule has 2 fully saturated rings. The first kappa shape index (κ1) is 16.1. The maximum atomic E-state index is 12.7. The largest absolute Gasteiger partial charge is 0.497 e. The van der Waals surface area contributed by atoms with Crippen LogP contribution in [-0.4, -0.2) is 41.8 Å². The standard InChI is InChI=1S/C18H26N2O3/c1-23-16-9-5-8-14(10-16)19-18(22)20-12-15(21)11-17(20)13-6-3-2-4-7-13/h5,8-10,13,15,17,21H,2-4,6-7,11-12H2,1H3,(H,19,22)/t15-,17-/m0/s1. The lowest BCUT2D eigenvalue weighted by molar-refractivity contribution is 0.164. The number of aliphatic hydroxyl groups is 1. The Balaban J connectivity index is 1.68. The van der Waals surface area contributed by atoms with Gasteiger partial charge in [-0.3, -0.25) is 0 Å². The molecule has 2 aliphatic rings. The molecule has 2 N–H and O–H groups in total. The molecule has 0 unspecified atom stereocenters. The fourth-order valence-electron chi connectivity index (χ4n) is 3.94. The van der Waals surface area contributed by atoms with Crippen LogP contribution in [0.25, 0.3) is 0 Å². The van der Waals surface area contributed by atoms with Crippen molar-refractivity contribution in [2.45, 2.75) is 50.7 Å². The van der Waals surface area contributed by atoms with Crippen molar-refractivity contribution >= 4 is 11.7 Å². The number of benzene rings is 1. The summed E-state index contributed by atoms with van der Waals surface area (Å²) in [6, 6.07) is 7.40. The van der Waals surface area contributed by atoms with Crippen LogP contribution in [0.1, 0.15) is 38.5 Å². The lowest BCUT2D eigenvalue weighted by Crippen LogP contribution is -2.43. The van der Waals surface area contributed by atoms with Gasteiger partial charge < -0.3 is 20.1 Å². The van der Waals surface area contributed by atoms with Crippen LogP contribution >= 0.6 is 0 Å². The lowest BCUT2D eigenvalue weighted by Gasteiger charge is -2.33. The molecule has 0 bridgehead atoms. The number of nitrogens with zero attached hydrogens (tertiary/aromatic N) is 1. The second kappa shape index (κ2) is 7.21. The fourth-order valence-corrected chi connectivity index (χ4v) is 3.94. The van der Waals surface area contributed by atoms with E-state index in [4.69, 9.17) is 4.74 Å². The molecule has 23 heavy (non-hydrogen) atoms. The van der Waals surface area contributed by atoms with Crippen molar-refractivity contribution in [2.75, 3.05) is 19.0 Å². The van der Waals surface area contributed by atoms with Crippen LogP contribution in [0.2, 0.25) is 0 Å². The van der Waals surface area contributed by atoms with Crippen LogP contribution in [0.5, 0.6) is 5.75 Å². The summed E-state index contributed by atoms with van der Waals surface area (Å²) in [6.45, 7) is 0.428. The van der Waals surface area contributed by atoms with Crippen LogP contribution in [0.3, 0.4) is 0 Å². The summed E-state index contributed by atoms with van der Waals surface area (Å²) < 4.78 is 5.19. The number of nitrogens with one attached hydrogen (secondary N) is 1. The van der Waals surface area contributed by atoms with Gasteiger partial charge in [-0.05, 0) is 37.3 Å². The Bertz CT molecular complexity index is 543. The number of likely N-dealkylation sites (tertiary alicyclic amines) is 1. The van der Waals surface area contributed by atoms with Gasteiger partial charge in [-0.1, -0.05) is 25.3 Å². The number of aliphatic hydroxyl groups excluding tert-OH is 1. The van der Waals surface area contributed by atoms with Crippen LogP contribution in [0.15, 0.2) is 24.3 Å². The van der Waals surface area contributed by atoms with E-state index in [0.29, 0.717) is 24.6 Å². The highest BCUT2D eigenvalue weighted by molar-refractivity contribution is 5.90. The van der Waals surface area contributed by atoms with Gasteiger partial charge in [0.1, 0.15) is 5.75 Å². The Morgan fingerprint density at radius 3 is 2.83 bits per heavy atom. The Morgan fingerprint density at radius 1 is 1.30 bits per heavy atom. The maximum Gasteiger partial charge on any atom is 0.322 e. The summed E-state index contributed by atoms with van der Waals surface area (Å²) in [6.07, 6.45) is 6.40. The number of hydrogen-bond donors (Lipinski definition) is 2. The molecule has 0 spiro atoms. The molecule has 1 aliphatic carbocycles. The monoisotopic (exact) mass is 318 g/mol. The average molecular weight is 318 g/mol. The molecule has 2 amide bonds. The van der Waals surface area contributed by atoms with Crippen molar-refractivity contribution in [3.05, 3.63) is 24.3 Å². The predicted octanol–water partition coefficient (Wildman–Crippen LogP) is 3.24. The van der Waals surface area contributed by atoms with Crippen molar-refractivity contribution < 1.29 is 14.6 Å². The van der Waals surface area contributed by atoms with E-state index in [9.17, 15) is 9.90 Å². The summed E-state index contributed by atoms with van der Waals surface area (Å²) in [4.78, 5) is 14.5. The molecule has 1 aromatic carbocycles. The average Bonchev–Trinajstić information content (AvgIpc) is 2.98. The Morgan fingerprint density at radius 2 is 2.09 bits per heavy atom. The van der Waals surface area contributed by atoms with Gasteiger partial charge in [-0.2, -0.15) is 0 Å². The van der Waals surface area contributed by atoms with Crippen molar-refractivity contribution in [1.29, 1.82) is 0 Å². The predicted molar refractivity (Wildman–Crippen MR) is 89.7 cm³/mol. The van der Waals surface area contributed by atoms with E-state index in [2.05, 4.69) is 5.32 Å². The number of rotatable bonds is 3. The quantitative estimate of drug-likeness (QED) is 0.899. The molecule has 2 atom stereocenters. The first-order valence-electron chi connectivity index (χ1n) is 8.57. The molecule has 3 rings (SSSR count). The van der Waals surface area contributed by atoms with Crippen LogP contribution in [-0.2, 0) is 0 Å². The molecule has 1 aliphatic heterocycles. The van der Waals surface area contributed by atoms with Crippen LogP contribution < -0.4 is 10.1 Å². The van der Waals surface area contributed by atoms with Gasteiger partial charge in [0.15, 0.2) is 0 Å². The molecular formula is C18H26N2O3. The number of methoxy groups -OCH3 is 1. The molecule has 1 saturated carbocycles. The van der Waals surface area contributed by atoms with Gasteiger partial charge in [-0.25, -0.2) is 4.79 Å². The summed E-state index contributed by atoms with van der Waals surface area (Å²) in [7, 11) is 1.61. The SMILES string of the molecule is COc1cccc(NC(=O)N2C[C@@H](O)C[C@H]2C2CCCCC2)c1. The fraction of sp³-hybridized carbons (Fsp3) is 0.611. The van der Waals surface area contributed by atoms with E-state index in [0.717, 1.165) is 5.69 Å². The van der Waals surface area contributed by atoms with Crippen LogP contribution in [0, 0.1) is 5.92 Å². The minimum Gasteiger partial charge on any atom is -0.497 e. The van der Waals surface area contributed by atoms with Crippen LogP contribution in [0.4, 0.5) is 10.5 Å². The molecule has 0 aromatic heterocycles. The second-order valence-corrected chi connectivity index (χ2v) is 6.67. The number of carbonyl (C=O) groups is 1. The van der Waals surface area contributed by atoms with Gasteiger partial charge in [0, 0.05) is 24.3 Å². The molecule has 5 nitrogen and oxygen atoms in total. The minimum atomic E-state index is -0.405. The highest BCUT2D eigenvalue weighted by Gasteiger charge is 2.39. The van der Waals surface area contributed by atoms with Crippen molar-refractivity contribution in [3.63, 3.8) is 0 Å². The normalized spacial score (nSPS) is 25.4. The summed E-state index contributed by atoms with van der Waals surface area (Å²) in [5, 5.41) is 13.0. The first-order chi connectivity index (χ1) is 11.2. The summed E-state index contributed by atoms with van der Waals surface area (Å²) >= 11 is 0. The highest BCUT2D eigenvalue weighted by Crippen LogP contribution is 2.34. The second-order valence-electron chi connectivity index (χ2n) is 6.67. The number of ether oxygens (including phenoxy) is 1. The minimum absolute atomic E-state index is 0.120. The number of amides is 2. The zero-order valence-corrected chi connectivity index (χ0v) is 13.7. The van der Waals surface area contributed by atoms with E-state index in [-0.39, 0.29) is 12.1 Å². The number of urea groups is 1. The van der Waals surface area contributed by atoms with Crippen molar-refractivity contribution in [2.24, 2.45) is 5.92 Å². The van der Waals surface area contributed by atoms with Gasteiger partial charge in [0.05, 0.1) is 13.2 Å². The molecular weight excluding hydrogens is 292 g/mol. The van der Waals surface area contributed by atoms with E-state index in [1.54, 1.807) is 13.2 Å². The smallest absolute Gasteiger partial charge is 0.322 e. The third-order valence-corrected chi connectivity index (χ3v) is 5.10. The number of anilines is 1.